The largest absolute Gasteiger partial charge is 0.368 e. The molecule has 18 heavy (non-hydrogen) atoms. The van der Waals surface area contributed by atoms with Crippen LogP contribution in [0.4, 0.5) is 0 Å². The maximum Gasteiger partial charge on any atom is 0.234 e. The molecule has 1 aliphatic rings. The number of thioether (sulfide) groups is 1. The van der Waals surface area contributed by atoms with Crippen molar-refractivity contribution in [3.8, 4) is 0 Å². The maximum absolute atomic E-state index is 10.8. The highest BCUT2D eigenvalue weighted by atomic mass is 32.2. The van der Waals surface area contributed by atoms with Crippen LogP contribution in [0.25, 0.3) is 0 Å². The van der Waals surface area contributed by atoms with Gasteiger partial charge in [0.2, 0.25) is 11.1 Å². The van der Waals surface area contributed by atoms with E-state index in [1.807, 2.05) is 4.68 Å². The van der Waals surface area contributed by atoms with E-state index in [1.165, 1.54) is 24.6 Å². The third-order valence-electron chi connectivity index (χ3n) is 3.16. The van der Waals surface area contributed by atoms with Gasteiger partial charge in [0.25, 0.3) is 0 Å². The maximum atomic E-state index is 10.8. The van der Waals surface area contributed by atoms with E-state index >= 15 is 0 Å². The van der Waals surface area contributed by atoms with Crippen molar-refractivity contribution in [2.45, 2.75) is 49.3 Å². The summed E-state index contributed by atoms with van der Waals surface area (Å²) in [5.74, 6) is 0.225. The molecule has 1 fully saturated rings. The minimum atomic E-state index is -0.590. The van der Waals surface area contributed by atoms with Crippen molar-refractivity contribution in [1.29, 1.82) is 0 Å². The van der Waals surface area contributed by atoms with Gasteiger partial charge in [-0.05, 0) is 29.7 Å². The van der Waals surface area contributed by atoms with Gasteiger partial charge in [0.05, 0.1) is 12.1 Å². The molecule has 0 aromatic carbocycles. The summed E-state index contributed by atoms with van der Waals surface area (Å²) in [5.41, 5.74) is 10.7. The highest BCUT2D eigenvalue weighted by Crippen LogP contribution is 2.31. The Balaban J connectivity index is 1.86. The van der Waals surface area contributed by atoms with Gasteiger partial charge in [0.1, 0.15) is 0 Å². The third-order valence-corrected chi connectivity index (χ3v) is 4.13. The fraction of sp³-hybridized carbons (Fsp3) is 0.800. The Bertz CT molecular complexity index is 403. The number of hydrogen-bond acceptors (Lipinski definition) is 6. The lowest BCUT2D eigenvalue weighted by Gasteiger charge is -2.11. The molecule has 1 aromatic heterocycles. The molecule has 4 N–H and O–H groups in total. The molecule has 0 spiro atoms. The predicted octanol–water partition coefficient (Wildman–Crippen LogP) is 0.0830. The molecule has 0 saturated heterocycles. The van der Waals surface area contributed by atoms with Crippen LogP contribution in [0.5, 0.6) is 0 Å². The lowest BCUT2D eigenvalue weighted by atomic mass is 10.2. The summed E-state index contributed by atoms with van der Waals surface area (Å²) in [5, 5.41) is 12.6. The zero-order valence-corrected chi connectivity index (χ0v) is 11.0. The van der Waals surface area contributed by atoms with Crippen LogP contribution >= 0.6 is 11.8 Å². The third kappa shape index (κ3) is 3.20. The van der Waals surface area contributed by atoms with Gasteiger partial charge in [0.15, 0.2) is 0 Å². The van der Waals surface area contributed by atoms with Gasteiger partial charge in [-0.3, -0.25) is 4.79 Å². The molecule has 2 rings (SSSR count). The summed E-state index contributed by atoms with van der Waals surface area (Å²) in [7, 11) is 0. The van der Waals surface area contributed by atoms with Crippen molar-refractivity contribution >= 4 is 17.7 Å². The summed E-state index contributed by atoms with van der Waals surface area (Å²) in [4.78, 5) is 10.8. The molecule has 1 atom stereocenters. The number of amides is 1. The van der Waals surface area contributed by atoms with E-state index in [-0.39, 0.29) is 0 Å². The fourth-order valence-electron chi connectivity index (χ4n) is 2.08. The molecular formula is C10H18N6OS. The van der Waals surface area contributed by atoms with Gasteiger partial charge in [-0.15, -0.1) is 5.10 Å². The molecule has 0 radical (unpaired) electrons. The molecule has 1 aromatic rings. The second-order valence-corrected chi connectivity index (χ2v) is 5.55. The van der Waals surface area contributed by atoms with Gasteiger partial charge >= 0.3 is 0 Å². The van der Waals surface area contributed by atoms with Crippen LogP contribution in [0.3, 0.4) is 0 Å². The van der Waals surface area contributed by atoms with Crippen LogP contribution in [0.2, 0.25) is 0 Å². The Hall–Kier alpha value is -1.15. The first-order chi connectivity index (χ1) is 8.68. The summed E-state index contributed by atoms with van der Waals surface area (Å²) in [6, 6.07) is -0.166. The Kier molecular flexibility index (Phi) is 4.54. The summed E-state index contributed by atoms with van der Waals surface area (Å²) in [6.45, 7) is 0. The molecule has 1 aliphatic carbocycles. The van der Waals surface area contributed by atoms with Crippen molar-refractivity contribution in [1.82, 2.24) is 20.2 Å². The van der Waals surface area contributed by atoms with E-state index in [9.17, 15) is 4.79 Å². The van der Waals surface area contributed by atoms with Gasteiger partial charge < -0.3 is 11.5 Å². The second kappa shape index (κ2) is 6.14. The smallest absolute Gasteiger partial charge is 0.234 e. The molecular weight excluding hydrogens is 252 g/mol. The van der Waals surface area contributed by atoms with Gasteiger partial charge in [-0.2, -0.15) is 0 Å². The van der Waals surface area contributed by atoms with Crippen molar-refractivity contribution in [3.05, 3.63) is 0 Å². The fourth-order valence-corrected chi connectivity index (χ4v) is 3.04. The molecule has 8 heteroatoms. The first-order valence-electron chi connectivity index (χ1n) is 6.14. The number of rotatable bonds is 6. The monoisotopic (exact) mass is 270 g/mol. The summed E-state index contributed by atoms with van der Waals surface area (Å²) >= 11 is 1.53. The quantitative estimate of drug-likeness (QED) is 0.708. The van der Waals surface area contributed by atoms with Crippen molar-refractivity contribution in [3.63, 3.8) is 0 Å². The minimum absolute atomic E-state index is 0.423. The molecule has 7 nitrogen and oxygen atoms in total. The molecule has 0 bridgehead atoms. The topological polar surface area (TPSA) is 113 Å². The average molecular weight is 270 g/mol. The number of tetrazole rings is 1. The average Bonchev–Trinajstić information content (AvgIpc) is 2.98. The Morgan fingerprint density at radius 1 is 1.50 bits per heavy atom. The van der Waals surface area contributed by atoms with E-state index in [4.69, 9.17) is 11.5 Å². The number of carbonyl (C=O) groups excluding carboxylic acids is 1. The first-order valence-corrected chi connectivity index (χ1v) is 7.12. The predicted molar refractivity (Wildman–Crippen MR) is 67.8 cm³/mol. The zero-order chi connectivity index (χ0) is 13.0. The lowest BCUT2D eigenvalue weighted by Crippen LogP contribution is -2.36. The highest BCUT2D eigenvalue weighted by Gasteiger charge is 2.21. The highest BCUT2D eigenvalue weighted by molar-refractivity contribution is 7.99. The molecule has 100 valence electrons. The van der Waals surface area contributed by atoms with Gasteiger partial charge in [0, 0.05) is 5.75 Å². The summed E-state index contributed by atoms with van der Waals surface area (Å²) in [6.07, 6.45) is 5.29. The van der Waals surface area contributed by atoms with E-state index in [2.05, 4.69) is 15.5 Å². The molecule has 1 saturated carbocycles. The molecule has 1 heterocycles. The van der Waals surface area contributed by atoms with Crippen LogP contribution in [0, 0.1) is 0 Å². The first kappa shape index (κ1) is 13.3. The van der Waals surface area contributed by atoms with E-state index in [1.54, 1.807) is 0 Å². The SMILES string of the molecule is NC(=O)C(N)CCSc1nnnn1C1CCCC1. The Morgan fingerprint density at radius 2 is 2.22 bits per heavy atom. The number of aromatic nitrogens is 4. The number of nitrogens with two attached hydrogens (primary N) is 2. The number of carbonyl (C=O) groups is 1. The summed E-state index contributed by atoms with van der Waals surface area (Å²) < 4.78 is 1.90. The van der Waals surface area contributed by atoms with Gasteiger partial charge in [-0.25, -0.2) is 4.68 Å². The van der Waals surface area contributed by atoms with Crippen LogP contribution in [0.1, 0.15) is 38.1 Å². The van der Waals surface area contributed by atoms with Crippen LogP contribution in [-0.2, 0) is 4.79 Å². The van der Waals surface area contributed by atoms with E-state index < -0.39 is 11.9 Å². The van der Waals surface area contributed by atoms with E-state index in [0.717, 1.165) is 18.0 Å². The second-order valence-electron chi connectivity index (χ2n) is 4.49. The van der Waals surface area contributed by atoms with Crippen molar-refractivity contribution in [2.75, 3.05) is 5.75 Å². The number of hydrogen-bond donors (Lipinski definition) is 2. The van der Waals surface area contributed by atoms with Crippen LogP contribution < -0.4 is 11.5 Å². The zero-order valence-electron chi connectivity index (χ0n) is 10.2. The van der Waals surface area contributed by atoms with Crippen LogP contribution in [-0.4, -0.2) is 37.9 Å². The normalized spacial score (nSPS) is 18.1. The number of primary amides is 1. The molecule has 0 aliphatic heterocycles. The molecule has 1 amide bonds. The van der Waals surface area contributed by atoms with Gasteiger partial charge in [-0.1, -0.05) is 24.6 Å². The molecule has 1 unspecified atom stereocenters. The van der Waals surface area contributed by atoms with Crippen LogP contribution in [0.15, 0.2) is 5.16 Å². The van der Waals surface area contributed by atoms with Crippen molar-refractivity contribution < 1.29 is 4.79 Å². The minimum Gasteiger partial charge on any atom is -0.368 e. The standard InChI is InChI=1S/C10H18N6OS/c11-8(9(12)17)5-6-18-10-13-14-15-16(10)7-3-1-2-4-7/h7-8H,1-6,11H2,(H2,12,17). The van der Waals surface area contributed by atoms with E-state index in [0.29, 0.717) is 18.2 Å². The number of nitrogens with zero attached hydrogens (tertiary/aromatic N) is 4. The van der Waals surface area contributed by atoms with Crippen molar-refractivity contribution in [2.24, 2.45) is 11.5 Å². The Labute approximate surface area is 110 Å². The Morgan fingerprint density at radius 3 is 2.89 bits per heavy atom. The lowest BCUT2D eigenvalue weighted by molar-refractivity contribution is -0.119.